The van der Waals surface area contributed by atoms with E-state index in [0.29, 0.717) is 6.54 Å². The SMILES string of the molecule is O=C(CN(Cc1cccs1)C[C@@H]1CCCO1)NC12CC3CC(CC(C3)C1)C2. The van der Waals surface area contributed by atoms with E-state index in [0.717, 1.165) is 50.3 Å². The highest BCUT2D eigenvalue weighted by atomic mass is 32.1. The molecular weight excluding hydrogens is 356 g/mol. The van der Waals surface area contributed by atoms with Gasteiger partial charge in [0, 0.05) is 30.1 Å². The molecule has 1 aromatic rings. The molecule has 2 heterocycles. The van der Waals surface area contributed by atoms with Gasteiger partial charge in [-0.05, 0) is 80.6 Å². The summed E-state index contributed by atoms with van der Waals surface area (Å²) in [5, 5.41) is 5.66. The fraction of sp³-hybridized carbons (Fsp3) is 0.773. The summed E-state index contributed by atoms with van der Waals surface area (Å²) in [6.45, 7) is 3.09. The fourth-order valence-corrected chi connectivity index (χ4v) is 7.43. The Bertz CT molecular complexity index is 618. The van der Waals surface area contributed by atoms with E-state index in [-0.39, 0.29) is 17.6 Å². The van der Waals surface area contributed by atoms with Crippen molar-refractivity contribution in [3.05, 3.63) is 22.4 Å². The lowest BCUT2D eigenvalue weighted by Crippen LogP contribution is -2.61. The van der Waals surface area contributed by atoms with E-state index in [1.165, 1.54) is 43.4 Å². The molecule has 0 spiro atoms. The van der Waals surface area contributed by atoms with Crippen molar-refractivity contribution in [3.8, 4) is 0 Å². The zero-order valence-corrected chi connectivity index (χ0v) is 17.0. The highest BCUT2D eigenvalue weighted by Crippen LogP contribution is 2.55. The Balaban J connectivity index is 1.22. The second-order valence-corrected chi connectivity index (χ2v) is 10.7. The molecule has 1 amide bonds. The number of ether oxygens (including phenoxy) is 1. The maximum absolute atomic E-state index is 13.1. The molecule has 4 aliphatic carbocycles. The van der Waals surface area contributed by atoms with Crippen molar-refractivity contribution in [2.24, 2.45) is 17.8 Å². The smallest absolute Gasteiger partial charge is 0.234 e. The van der Waals surface area contributed by atoms with Crippen LogP contribution in [-0.2, 0) is 16.1 Å². The third-order valence-corrected chi connectivity index (χ3v) is 8.12. The first-order valence-corrected chi connectivity index (χ1v) is 11.7. The Morgan fingerprint density at radius 3 is 2.56 bits per heavy atom. The molecule has 4 saturated carbocycles. The number of nitrogens with one attached hydrogen (secondary N) is 1. The van der Waals surface area contributed by atoms with Crippen molar-refractivity contribution >= 4 is 17.2 Å². The lowest BCUT2D eigenvalue weighted by atomic mass is 9.53. The molecule has 0 radical (unpaired) electrons. The summed E-state index contributed by atoms with van der Waals surface area (Å²) in [5.74, 6) is 2.83. The van der Waals surface area contributed by atoms with E-state index in [1.807, 2.05) is 0 Å². The summed E-state index contributed by atoms with van der Waals surface area (Å²) in [6.07, 6.45) is 10.5. The molecule has 1 atom stereocenters. The Labute approximate surface area is 166 Å². The third-order valence-electron chi connectivity index (χ3n) is 7.26. The van der Waals surface area contributed by atoms with E-state index >= 15 is 0 Å². The van der Waals surface area contributed by atoms with E-state index in [9.17, 15) is 4.79 Å². The first-order valence-electron chi connectivity index (χ1n) is 10.8. The number of nitrogens with zero attached hydrogens (tertiary/aromatic N) is 1. The minimum Gasteiger partial charge on any atom is -0.377 e. The minimum absolute atomic E-state index is 0.115. The largest absolute Gasteiger partial charge is 0.377 e. The van der Waals surface area contributed by atoms with Crippen molar-refractivity contribution in [3.63, 3.8) is 0 Å². The molecule has 1 N–H and O–H groups in total. The average molecular weight is 389 g/mol. The highest BCUT2D eigenvalue weighted by Gasteiger charge is 2.51. The van der Waals surface area contributed by atoms with Gasteiger partial charge in [0.1, 0.15) is 0 Å². The first kappa shape index (κ1) is 18.1. The summed E-state index contributed by atoms with van der Waals surface area (Å²) in [6, 6.07) is 4.27. The molecule has 1 aliphatic heterocycles. The van der Waals surface area contributed by atoms with Crippen LogP contribution < -0.4 is 5.32 Å². The second kappa shape index (κ2) is 7.49. The Morgan fingerprint density at radius 2 is 1.96 bits per heavy atom. The number of hydrogen-bond acceptors (Lipinski definition) is 4. The topological polar surface area (TPSA) is 41.6 Å². The molecule has 0 unspecified atom stereocenters. The second-order valence-electron chi connectivity index (χ2n) is 9.63. The van der Waals surface area contributed by atoms with E-state index in [2.05, 4.69) is 27.7 Å². The number of thiophene rings is 1. The van der Waals surface area contributed by atoms with Gasteiger partial charge in [0.05, 0.1) is 12.6 Å². The molecule has 1 saturated heterocycles. The van der Waals surface area contributed by atoms with Gasteiger partial charge < -0.3 is 10.1 Å². The van der Waals surface area contributed by atoms with Gasteiger partial charge in [-0.25, -0.2) is 0 Å². The number of hydrogen-bond donors (Lipinski definition) is 1. The molecule has 27 heavy (non-hydrogen) atoms. The molecule has 148 valence electrons. The van der Waals surface area contributed by atoms with Gasteiger partial charge in [0.15, 0.2) is 0 Å². The number of carbonyl (C=O) groups excluding carboxylic acids is 1. The molecule has 4 bridgehead atoms. The number of rotatable bonds is 7. The Morgan fingerprint density at radius 1 is 1.22 bits per heavy atom. The third kappa shape index (κ3) is 4.10. The van der Waals surface area contributed by atoms with E-state index in [1.54, 1.807) is 11.3 Å². The van der Waals surface area contributed by atoms with Gasteiger partial charge in [-0.1, -0.05) is 6.07 Å². The molecule has 5 fully saturated rings. The van der Waals surface area contributed by atoms with Gasteiger partial charge in [-0.15, -0.1) is 11.3 Å². The quantitative estimate of drug-likeness (QED) is 0.772. The van der Waals surface area contributed by atoms with Gasteiger partial charge in [0.2, 0.25) is 5.91 Å². The monoisotopic (exact) mass is 388 g/mol. The summed E-state index contributed by atoms with van der Waals surface area (Å²) < 4.78 is 5.85. The lowest BCUT2D eigenvalue weighted by Gasteiger charge is -2.57. The van der Waals surface area contributed by atoms with Crippen molar-refractivity contribution in [1.29, 1.82) is 0 Å². The van der Waals surface area contributed by atoms with Crippen LogP contribution in [0.1, 0.15) is 56.2 Å². The Hall–Kier alpha value is -0.910. The maximum atomic E-state index is 13.1. The first-order chi connectivity index (χ1) is 13.2. The molecule has 6 rings (SSSR count). The van der Waals surface area contributed by atoms with Crippen LogP contribution >= 0.6 is 11.3 Å². The van der Waals surface area contributed by atoms with E-state index in [4.69, 9.17) is 4.74 Å². The summed E-state index contributed by atoms with van der Waals surface area (Å²) in [4.78, 5) is 16.7. The van der Waals surface area contributed by atoms with Gasteiger partial charge in [-0.2, -0.15) is 0 Å². The van der Waals surface area contributed by atoms with Crippen LogP contribution in [0.4, 0.5) is 0 Å². The van der Waals surface area contributed by atoms with Crippen LogP contribution in [0.5, 0.6) is 0 Å². The highest BCUT2D eigenvalue weighted by molar-refractivity contribution is 7.09. The predicted octanol–water partition coefficient (Wildman–Crippen LogP) is 3.81. The van der Waals surface area contributed by atoms with Crippen LogP contribution in [0.15, 0.2) is 17.5 Å². The summed E-state index contributed by atoms with van der Waals surface area (Å²) in [5.41, 5.74) is 0.115. The summed E-state index contributed by atoms with van der Waals surface area (Å²) in [7, 11) is 0. The molecule has 4 nitrogen and oxygen atoms in total. The standard InChI is InChI=1S/C22H32N2O2S/c25-21(23-22-10-16-7-17(11-22)9-18(8-16)12-22)15-24(13-19-3-1-5-26-19)14-20-4-2-6-27-20/h2,4,6,16-19H,1,3,5,7-15H2,(H,23,25)/t16?,17?,18?,19-,22?/m0/s1. The minimum atomic E-state index is 0.115. The lowest BCUT2D eigenvalue weighted by molar-refractivity contribution is -0.128. The summed E-state index contributed by atoms with van der Waals surface area (Å²) >= 11 is 1.78. The average Bonchev–Trinajstić information content (AvgIpc) is 3.26. The Kier molecular flexibility index (Phi) is 5.03. The fourth-order valence-electron chi connectivity index (χ4n) is 6.69. The van der Waals surface area contributed by atoms with Crippen LogP contribution in [0, 0.1) is 17.8 Å². The maximum Gasteiger partial charge on any atom is 0.234 e. The molecular formula is C22H32N2O2S. The van der Waals surface area contributed by atoms with E-state index < -0.39 is 0 Å². The molecule has 5 aliphatic rings. The van der Waals surface area contributed by atoms with Crippen molar-refractivity contribution in [2.45, 2.75) is 69.6 Å². The normalized spacial score (nSPS) is 37.2. The zero-order valence-electron chi connectivity index (χ0n) is 16.2. The van der Waals surface area contributed by atoms with Gasteiger partial charge >= 0.3 is 0 Å². The molecule has 5 heteroatoms. The van der Waals surface area contributed by atoms with Crippen molar-refractivity contribution in [2.75, 3.05) is 19.7 Å². The zero-order chi connectivity index (χ0) is 18.3. The van der Waals surface area contributed by atoms with Gasteiger partial charge in [0.25, 0.3) is 0 Å². The van der Waals surface area contributed by atoms with Crippen LogP contribution in [0.25, 0.3) is 0 Å². The predicted molar refractivity (Wildman–Crippen MR) is 108 cm³/mol. The van der Waals surface area contributed by atoms with Crippen molar-refractivity contribution in [1.82, 2.24) is 10.2 Å². The molecule has 0 aromatic carbocycles. The number of carbonyl (C=O) groups is 1. The van der Waals surface area contributed by atoms with Crippen molar-refractivity contribution < 1.29 is 9.53 Å². The molecule has 1 aromatic heterocycles. The van der Waals surface area contributed by atoms with Crippen LogP contribution in [0.3, 0.4) is 0 Å². The number of amides is 1. The van der Waals surface area contributed by atoms with Crippen LogP contribution in [0.2, 0.25) is 0 Å². The van der Waals surface area contributed by atoms with Gasteiger partial charge in [-0.3, -0.25) is 9.69 Å². The van der Waals surface area contributed by atoms with Crippen LogP contribution in [-0.4, -0.2) is 42.1 Å².